The van der Waals surface area contributed by atoms with Crippen molar-refractivity contribution in [2.75, 3.05) is 13.2 Å². The predicted octanol–water partition coefficient (Wildman–Crippen LogP) is 3.76. The molecule has 11 heteroatoms. The maximum Gasteiger partial charge on any atom is 0.416 e. The van der Waals surface area contributed by atoms with Crippen molar-refractivity contribution in [2.45, 2.75) is 39.2 Å². The summed E-state index contributed by atoms with van der Waals surface area (Å²) >= 11 is 0. The maximum atomic E-state index is 13.5. The number of hydrogen-bond acceptors (Lipinski definition) is 5. The lowest BCUT2D eigenvalue weighted by atomic mass is 10.1. The van der Waals surface area contributed by atoms with Crippen molar-refractivity contribution >= 4 is 12.1 Å². The number of nitrogens with zero attached hydrogens (tertiary/aromatic N) is 3. The quantitative estimate of drug-likeness (QED) is 0.547. The molecule has 1 aliphatic rings. The molecule has 7 nitrogen and oxygen atoms in total. The lowest BCUT2D eigenvalue weighted by molar-refractivity contribution is -0.137. The Morgan fingerprint density at radius 1 is 1.13 bits per heavy atom. The van der Waals surface area contributed by atoms with Crippen molar-refractivity contribution < 1.29 is 36.6 Å². The van der Waals surface area contributed by atoms with Crippen molar-refractivity contribution in [2.24, 2.45) is 0 Å². The van der Waals surface area contributed by atoms with Crippen molar-refractivity contribution in [3.63, 3.8) is 0 Å². The van der Waals surface area contributed by atoms with Gasteiger partial charge in [-0.25, -0.2) is 14.0 Å². The molecular formula is C19H19F4N3O4. The SMILES string of the molecule is CCOC(=O)c1cc2n(n1)CCCN(C(=O)OCc1cc(F)cc(C(F)(F)F)c1)C2. The first-order chi connectivity index (χ1) is 14.2. The second-order valence-electron chi connectivity index (χ2n) is 6.64. The molecular weight excluding hydrogens is 410 g/mol. The van der Waals surface area contributed by atoms with Gasteiger partial charge in [0.15, 0.2) is 5.69 Å². The molecule has 0 N–H and O–H groups in total. The zero-order chi connectivity index (χ0) is 21.9. The Bertz CT molecular complexity index is 942. The fourth-order valence-corrected chi connectivity index (χ4v) is 3.06. The number of halogens is 4. The zero-order valence-corrected chi connectivity index (χ0v) is 16.0. The van der Waals surface area contributed by atoms with E-state index in [-0.39, 0.29) is 24.4 Å². The molecule has 0 saturated carbocycles. The van der Waals surface area contributed by atoms with Gasteiger partial charge in [0, 0.05) is 13.1 Å². The molecule has 0 aliphatic carbocycles. The molecule has 0 saturated heterocycles. The van der Waals surface area contributed by atoms with Crippen LogP contribution >= 0.6 is 0 Å². The molecule has 1 amide bonds. The van der Waals surface area contributed by atoms with Crippen LogP contribution in [0.3, 0.4) is 0 Å². The first-order valence-electron chi connectivity index (χ1n) is 9.19. The van der Waals surface area contributed by atoms with Crippen molar-refractivity contribution in [1.82, 2.24) is 14.7 Å². The fraction of sp³-hybridized carbons (Fsp3) is 0.421. The van der Waals surface area contributed by atoms with E-state index in [0.717, 1.165) is 12.1 Å². The highest BCUT2D eigenvalue weighted by molar-refractivity contribution is 5.87. The van der Waals surface area contributed by atoms with Crippen LogP contribution in [0.15, 0.2) is 24.3 Å². The molecule has 0 atom stereocenters. The van der Waals surface area contributed by atoms with Crippen LogP contribution in [-0.4, -0.2) is 39.9 Å². The van der Waals surface area contributed by atoms with E-state index < -0.39 is 36.2 Å². The molecule has 162 valence electrons. The van der Waals surface area contributed by atoms with Crippen LogP contribution < -0.4 is 0 Å². The third kappa shape index (κ3) is 5.08. The van der Waals surface area contributed by atoms with Crippen LogP contribution in [0.25, 0.3) is 0 Å². The predicted molar refractivity (Wildman–Crippen MR) is 94.8 cm³/mol. The normalized spacial score (nSPS) is 14.1. The summed E-state index contributed by atoms with van der Waals surface area (Å²) in [4.78, 5) is 25.6. The van der Waals surface area contributed by atoms with Gasteiger partial charge in [0.05, 0.1) is 24.4 Å². The standard InChI is InChI=1S/C19H19F4N3O4/c1-2-29-17(27)16-9-15-10-25(4-3-5-26(15)24-16)18(28)30-11-12-6-13(19(21,22)23)8-14(20)7-12/h6-9H,2-5,10-11H2,1H3. The average Bonchev–Trinajstić information content (AvgIpc) is 2.97. The number of amides is 1. The summed E-state index contributed by atoms with van der Waals surface area (Å²) < 4.78 is 63.5. The highest BCUT2D eigenvalue weighted by atomic mass is 19.4. The summed E-state index contributed by atoms with van der Waals surface area (Å²) in [5.74, 6) is -1.64. The number of hydrogen-bond donors (Lipinski definition) is 0. The summed E-state index contributed by atoms with van der Waals surface area (Å²) in [7, 11) is 0. The summed E-state index contributed by atoms with van der Waals surface area (Å²) in [6.07, 6.45) is -4.94. The maximum absolute atomic E-state index is 13.5. The Hall–Kier alpha value is -3.11. The molecule has 0 spiro atoms. The Balaban J connectivity index is 1.66. The minimum atomic E-state index is -4.71. The Labute approximate surface area is 169 Å². The van der Waals surface area contributed by atoms with E-state index >= 15 is 0 Å². The minimum absolute atomic E-state index is 0.0994. The first-order valence-corrected chi connectivity index (χ1v) is 9.19. The van der Waals surface area contributed by atoms with Crippen LogP contribution in [-0.2, 0) is 35.3 Å². The Kier molecular flexibility index (Phi) is 6.28. The number of fused-ring (bicyclic) bond motifs is 1. The van der Waals surface area contributed by atoms with Crippen LogP contribution in [0, 0.1) is 5.82 Å². The lowest BCUT2D eigenvalue weighted by Gasteiger charge is -2.19. The molecule has 1 aliphatic heterocycles. The van der Waals surface area contributed by atoms with Crippen LogP contribution in [0.1, 0.15) is 40.7 Å². The number of rotatable bonds is 4. The van der Waals surface area contributed by atoms with E-state index in [2.05, 4.69) is 5.10 Å². The minimum Gasteiger partial charge on any atom is -0.461 e. The highest BCUT2D eigenvalue weighted by Crippen LogP contribution is 2.30. The van der Waals surface area contributed by atoms with Crippen molar-refractivity contribution in [3.05, 3.63) is 52.6 Å². The van der Waals surface area contributed by atoms with Gasteiger partial charge in [-0.05, 0) is 43.2 Å². The van der Waals surface area contributed by atoms with Gasteiger partial charge in [-0.15, -0.1) is 0 Å². The smallest absolute Gasteiger partial charge is 0.416 e. The van der Waals surface area contributed by atoms with Gasteiger partial charge in [0.25, 0.3) is 0 Å². The zero-order valence-electron chi connectivity index (χ0n) is 16.0. The number of aromatic nitrogens is 2. The van der Waals surface area contributed by atoms with Gasteiger partial charge in [0.1, 0.15) is 12.4 Å². The molecule has 0 unspecified atom stereocenters. The second kappa shape index (κ2) is 8.72. The molecule has 1 aromatic heterocycles. The van der Waals surface area contributed by atoms with Gasteiger partial charge in [-0.1, -0.05) is 0 Å². The lowest BCUT2D eigenvalue weighted by Crippen LogP contribution is -2.31. The largest absolute Gasteiger partial charge is 0.461 e. The molecule has 30 heavy (non-hydrogen) atoms. The monoisotopic (exact) mass is 429 g/mol. The van der Waals surface area contributed by atoms with Crippen LogP contribution in [0.5, 0.6) is 0 Å². The summed E-state index contributed by atoms with van der Waals surface area (Å²) in [6, 6.07) is 3.51. The summed E-state index contributed by atoms with van der Waals surface area (Å²) in [5.41, 5.74) is -0.544. The molecule has 0 fully saturated rings. The topological polar surface area (TPSA) is 73.7 Å². The number of ether oxygens (including phenoxy) is 2. The number of carbonyl (C=O) groups excluding carboxylic acids is 2. The highest BCUT2D eigenvalue weighted by Gasteiger charge is 2.31. The van der Waals surface area contributed by atoms with E-state index in [4.69, 9.17) is 9.47 Å². The number of alkyl halides is 3. The molecule has 3 rings (SSSR count). The van der Waals surface area contributed by atoms with Gasteiger partial charge < -0.3 is 14.4 Å². The molecule has 2 heterocycles. The first kappa shape index (κ1) is 21.6. The Morgan fingerprint density at radius 2 is 1.90 bits per heavy atom. The summed E-state index contributed by atoms with van der Waals surface area (Å²) in [6.45, 7) is 2.26. The number of benzene rings is 1. The Morgan fingerprint density at radius 3 is 2.60 bits per heavy atom. The van der Waals surface area contributed by atoms with E-state index in [1.165, 1.54) is 11.0 Å². The third-order valence-electron chi connectivity index (χ3n) is 4.40. The second-order valence-corrected chi connectivity index (χ2v) is 6.64. The number of aryl methyl sites for hydroxylation is 1. The molecule has 0 radical (unpaired) electrons. The third-order valence-corrected chi connectivity index (χ3v) is 4.40. The number of esters is 1. The van der Waals surface area contributed by atoms with E-state index in [9.17, 15) is 27.2 Å². The molecule has 0 bridgehead atoms. The van der Waals surface area contributed by atoms with Crippen molar-refractivity contribution in [3.8, 4) is 0 Å². The van der Waals surface area contributed by atoms with E-state index in [1.54, 1.807) is 11.6 Å². The van der Waals surface area contributed by atoms with Gasteiger partial charge in [-0.3, -0.25) is 4.68 Å². The van der Waals surface area contributed by atoms with Gasteiger partial charge in [0.2, 0.25) is 0 Å². The van der Waals surface area contributed by atoms with Gasteiger partial charge in [-0.2, -0.15) is 18.3 Å². The van der Waals surface area contributed by atoms with Gasteiger partial charge >= 0.3 is 18.2 Å². The van der Waals surface area contributed by atoms with E-state index in [0.29, 0.717) is 31.3 Å². The van der Waals surface area contributed by atoms with Crippen molar-refractivity contribution in [1.29, 1.82) is 0 Å². The van der Waals surface area contributed by atoms with E-state index in [1.807, 2.05) is 0 Å². The molecule has 2 aromatic rings. The number of carbonyl (C=O) groups is 2. The van der Waals surface area contributed by atoms with Crippen LogP contribution in [0.2, 0.25) is 0 Å². The van der Waals surface area contributed by atoms with Crippen LogP contribution in [0.4, 0.5) is 22.4 Å². The average molecular weight is 429 g/mol. The fourth-order valence-electron chi connectivity index (χ4n) is 3.06. The summed E-state index contributed by atoms with van der Waals surface area (Å²) in [5, 5.41) is 4.17. The molecule has 1 aromatic carbocycles.